The van der Waals surface area contributed by atoms with Crippen molar-refractivity contribution >= 4 is 12.1 Å². The van der Waals surface area contributed by atoms with Crippen molar-refractivity contribution in [3.05, 3.63) is 29.8 Å². The van der Waals surface area contributed by atoms with Crippen molar-refractivity contribution in [3.63, 3.8) is 0 Å². The average molecular weight is 203 g/mol. The summed E-state index contributed by atoms with van der Waals surface area (Å²) in [5, 5.41) is 0. The first-order chi connectivity index (χ1) is 6.26. The monoisotopic (exact) mass is 203 g/mol. The first-order valence-electron chi connectivity index (χ1n) is 4.00. The van der Waals surface area contributed by atoms with Gasteiger partial charge in [-0.2, -0.15) is 9.42 Å². The lowest BCUT2D eigenvalue weighted by Gasteiger charge is -2.06. The molecule has 13 heavy (non-hydrogen) atoms. The zero-order chi connectivity index (χ0) is 9.68. The molecule has 1 aromatic rings. The van der Waals surface area contributed by atoms with Crippen molar-refractivity contribution in [1.29, 1.82) is 0 Å². The lowest BCUT2D eigenvalue weighted by atomic mass is 10.1. The molecule has 0 aliphatic carbocycles. The molecular formula is C9H11F2NS. The molecule has 1 nitrogen and oxygen atoms in total. The zero-order valence-electron chi connectivity index (χ0n) is 7.26. The Labute approximate surface area is 80.8 Å². The minimum absolute atomic E-state index is 0.205. The third kappa shape index (κ3) is 3.32. The molecule has 4 heteroatoms. The van der Waals surface area contributed by atoms with Gasteiger partial charge in [0.1, 0.15) is 0 Å². The van der Waals surface area contributed by atoms with Crippen molar-refractivity contribution < 1.29 is 8.37 Å². The van der Waals surface area contributed by atoms with Crippen LogP contribution in [-0.2, 0) is 6.42 Å². The van der Waals surface area contributed by atoms with Crippen molar-refractivity contribution in [3.8, 4) is 0 Å². The quantitative estimate of drug-likeness (QED) is 0.755. The van der Waals surface area contributed by atoms with E-state index in [1.54, 1.807) is 36.7 Å². The van der Waals surface area contributed by atoms with Crippen LogP contribution in [0.3, 0.4) is 0 Å². The number of benzene rings is 1. The molecule has 0 fully saturated rings. The maximum atomic E-state index is 12.0. The molecule has 0 heterocycles. The molecule has 1 rings (SSSR count). The first kappa shape index (κ1) is 10.5. The number of hydrogen-bond donors (Lipinski definition) is 1. The van der Waals surface area contributed by atoms with Gasteiger partial charge in [0.25, 0.3) is 0 Å². The predicted octanol–water partition coefficient (Wildman–Crippen LogP) is 3.07. The molecule has 0 bridgehead atoms. The standard InChI is InChI=1S/C9H11F2NS/c1-7(12-10)6-8-2-4-9(13-11)5-3-8/h2-5,7,12H,6H2,1H3. The van der Waals surface area contributed by atoms with Crippen LogP contribution in [0.15, 0.2) is 29.2 Å². The van der Waals surface area contributed by atoms with Crippen LogP contribution in [0, 0.1) is 0 Å². The maximum absolute atomic E-state index is 12.0. The fourth-order valence-corrected chi connectivity index (χ4v) is 1.31. The molecule has 0 saturated carbocycles. The van der Waals surface area contributed by atoms with E-state index in [0.717, 1.165) is 5.56 Å². The molecule has 1 atom stereocenters. The molecule has 1 N–H and O–H groups in total. The summed E-state index contributed by atoms with van der Waals surface area (Å²) < 4.78 is 23.9. The van der Waals surface area contributed by atoms with Gasteiger partial charge < -0.3 is 0 Å². The third-order valence-corrected chi connectivity index (χ3v) is 2.19. The maximum Gasteiger partial charge on any atom is 0.0812 e. The summed E-state index contributed by atoms with van der Waals surface area (Å²) in [5.74, 6) is 0. The van der Waals surface area contributed by atoms with Crippen LogP contribution in [0.5, 0.6) is 0 Å². The van der Waals surface area contributed by atoms with E-state index in [1.165, 1.54) is 0 Å². The van der Waals surface area contributed by atoms with E-state index in [0.29, 0.717) is 11.3 Å². The third-order valence-electron chi connectivity index (χ3n) is 1.74. The molecule has 0 aromatic heterocycles. The zero-order valence-corrected chi connectivity index (χ0v) is 8.07. The second-order valence-electron chi connectivity index (χ2n) is 2.94. The molecule has 72 valence electrons. The highest BCUT2D eigenvalue weighted by Gasteiger charge is 2.02. The Hall–Kier alpha value is -0.610. The van der Waals surface area contributed by atoms with Gasteiger partial charge in [0, 0.05) is 10.9 Å². The average Bonchev–Trinajstić information content (AvgIpc) is 2.19. The van der Waals surface area contributed by atoms with Crippen molar-refractivity contribution in [1.82, 2.24) is 5.54 Å². The van der Waals surface area contributed by atoms with Gasteiger partial charge in [0.15, 0.2) is 0 Å². The summed E-state index contributed by atoms with van der Waals surface area (Å²) in [6, 6.07) is 6.77. The highest BCUT2D eigenvalue weighted by Crippen LogP contribution is 2.19. The molecule has 0 spiro atoms. The van der Waals surface area contributed by atoms with Crippen LogP contribution in [-0.4, -0.2) is 6.04 Å². The van der Waals surface area contributed by atoms with Gasteiger partial charge in [0.05, 0.1) is 12.1 Å². The van der Waals surface area contributed by atoms with Crippen LogP contribution in [0.4, 0.5) is 8.37 Å². The molecule has 1 unspecified atom stereocenters. The molecule has 1 aromatic carbocycles. The predicted molar refractivity (Wildman–Crippen MR) is 50.8 cm³/mol. The van der Waals surface area contributed by atoms with E-state index < -0.39 is 0 Å². The Morgan fingerprint density at radius 1 is 1.38 bits per heavy atom. The highest BCUT2D eigenvalue weighted by atomic mass is 32.2. The van der Waals surface area contributed by atoms with Crippen LogP contribution < -0.4 is 5.54 Å². The molecule has 0 aliphatic heterocycles. The topological polar surface area (TPSA) is 12.0 Å². The summed E-state index contributed by atoms with van der Waals surface area (Å²) >= 11 is 0.212. The second kappa shape index (κ2) is 5.19. The minimum Gasteiger partial charge on any atom is -0.160 e. The fraction of sp³-hybridized carbons (Fsp3) is 0.333. The molecule has 0 saturated heterocycles. The van der Waals surface area contributed by atoms with Crippen molar-refractivity contribution in [2.24, 2.45) is 0 Å². The summed E-state index contributed by atoms with van der Waals surface area (Å²) in [6.07, 6.45) is 0.605. The van der Waals surface area contributed by atoms with Crippen molar-refractivity contribution in [2.75, 3.05) is 0 Å². The first-order valence-corrected chi connectivity index (χ1v) is 4.71. The largest absolute Gasteiger partial charge is 0.160 e. The van der Waals surface area contributed by atoms with Crippen LogP contribution in [0.25, 0.3) is 0 Å². The van der Waals surface area contributed by atoms with E-state index in [1.807, 2.05) is 0 Å². The molecular weight excluding hydrogens is 192 g/mol. The highest BCUT2D eigenvalue weighted by molar-refractivity contribution is 7.94. The lowest BCUT2D eigenvalue weighted by molar-refractivity contribution is 0.281. The van der Waals surface area contributed by atoms with Gasteiger partial charge in [-0.3, -0.25) is 0 Å². The molecule has 0 radical (unpaired) electrons. The summed E-state index contributed by atoms with van der Waals surface area (Å²) in [7, 11) is 0. The van der Waals surface area contributed by atoms with E-state index in [-0.39, 0.29) is 18.2 Å². The second-order valence-corrected chi connectivity index (χ2v) is 3.56. The SMILES string of the molecule is CC(Cc1ccc(SF)cc1)NF. The van der Waals surface area contributed by atoms with Crippen LogP contribution >= 0.6 is 12.1 Å². The number of hydrogen-bond acceptors (Lipinski definition) is 2. The summed E-state index contributed by atoms with van der Waals surface area (Å²) in [6.45, 7) is 1.75. The van der Waals surface area contributed by atoms with Gasteiger partial charge in [-0.25, -0.2) is 0 Å². The van der Waals surface area contributed by atoms with Gasteiger partial charge in [-0.05, 0) is 31.0 Å². The Kier molecular flexibility index (Phi) is 4.18. The fourth-order valence-electron chi connectivity index (χ4n) is 1.07. The van der Waals surface area contributed by atoms with Gasteiger partial charge in [-0.1, -0.05) is 12.1 Å². The van der Waals surface area contributed by atoms with E-state index in [9.17, 15) is 8.37 Å². The smallest absolute Gasteiger partial charge is 0.0812 e. The van der Waals surface area contributed by atoms with Gasteiger partial charge in [-0.15, -0.1) is 4.48 Å². The molecule has 0 aliphatic rings. The summed E-state index contributed by atoms with van der Waals surface area (Å²) in [5.41, 5.74) is 2.66. The van der Waals surface area contributed by atoms with Crippen LogP contribution in [0.1, 0.15) is 12.5 Å². The van der Waals surface area contributed by atoms with E-state index in [4.69, 9.17) is 0 Å². The van der Waals surface area contributed by atoms with E-state index in [2.05, 4.69) is 0 Å². The van der Waals surface area contributed by atoms with Crippen molar-refractivity contribution in [2.45, 2.75) is 24.3 Å². The minimum atomic E-state index is -0.205. The Morgan fingerprint density at radius 3 is 2.46 bits per heavy atom. The Bertz CT molecular complexity index is 250. The number of nitrogens with one attached hydrogen (secondary N) is 1. The normalized spacial score (nSPS) is 12.8. The van der Waals surface area contributed by atoms with Crippen LogP contribution in [0.2, 0.25) is 0 Å². The number of halogens is 2. The molecule has 0 amide bonds. The van der Waals surface area contributed by atoms with Gasteiger partial charge >= 0.3 is 0 Å². The Morgan fingerprint density at radius 2 is 2.00 bits per heavy atom. The lowest BCUT2D eigenvalue weighted by Crippen LogP contribution is -2.19. The Balaban J connectivity index is 2.58. The number of rotatable bonds is 4. The van der Waals surface area contributed by atoms with E-state index >= 15 is 0 Å². The van der Waals surface area contributed by atoms with Gasteiger partial charge in [0.2, 0.25) is 0 Å². The summed E-state index contributed by atoms with van der Waals surface area (Å²) in [4.78, 5) is 0.574.